The summed E-state index contributed by atoms with van der Waals surface area (Å²) in [7, 11) is 1.62. The van der Waals surface area contributed by atoms with E-state index in [0.29, 0.717) is 28.0 Å². The summed E-state index contributed by atoms with van der Waals surface area (Å²) in [6, 6.07) is 9.94. The first-order valence-electron chi connectivity index (χ1n) is 10.2. The fourth-order valence-corrected chi connectivity index (χ4v) is 4.27. The second-order valence-electron chi connectivity index (χ2n) is 8.01. The van der Waals surface area contributed by atoms with E-state index in [1.807, 2.05) is 0 Å². The summed E-state index contributed by atoms with van der Waals surface area (Å²) in [6.45, 7) is 0.263. The van der Waals surface area contributed by atoms with Gasteiger partial charge in [0.1, 0.15) is 5.82 Å². The molecule has 0 saturated heterocycles. The summed E-state index contributed by atoms with van der Waals surface area (Å²) in [4.78, 5) is 23.4. The van der Waals surface area contributed by atoms with E-state index in [0.717, 1.165) is 28.3 Å². The minimum absolute atomic E-state index is 0.0693. The van der Waals surface area contributed by atoms with Gasteiger partial charge in [0.05, 0.1) is 30.3 Å². The Labute approximate surface area is 186 Å². The number of carbonyl (C=O) groups excluding carboxylic acids is 1. The van der Waals surface area contributed by atoms with Crippen molar-refractivity contribution in [1.82, 2.24) is 14.9 Å². The third-order valence-electron chi connectivity index (χ3n) is 6.02. The predicted molar refractivity (Wildman–Crippen MR) is 117 cm³/mol. The number of hydrogen-bond donors (Lipinski definition) is 1. The first-order chi connectivity index (χ1) is 15.7. The maximum Gasteiger partial charge on any atom is 0.416 e. The predicted octanol–water partition coefficient (Wildman–Crippen LogP) is 4.73. The summed E-state index contributed by atoms with van der Waals surface area (Å²) in [5.41, 5.74) is 7.44. The van der Waals surface area contributed by atoms with Crippen molar-refractivity contribution >= 4 is 33.4 Å². The van der Waals surface area contributed by atoms with Crippen LogP contribution in [0.15, 0.2) is 54.9 Å². The van der Waals surface area contributed by atoms with Gasteiger partial charge in [-0.3, -0.25) is 9.78 Å². The normalized spacial score (nSPS) is 16.1. The number of anilines is 1. The summed E-state index contributed by atoms with van der Waals surface area (Å²) in [6.07, 6.45) is -1.14. The van der Waals surface area contributed by atoms with E-state index in [1.54, 1.807) is 43.7 Å². The van der Waals surface area contributed by atoms with Gasteiger partial charge in [-0.1, -0.05) is 6.07 Å². The molecule has 3 heterocycles. The molecule has 6 nitrogen and oxygen atoms in total. The summed E-state index contributed by atoms with van der Waals surface area (Å²) in [5, 5.41) is 2.26. The maximum absolute atomic E-state index is 13.4. The summed E-state index contributed by atoms with van der Waals surface area (Å²) < 4.78 is 44.8. The Hall–Kier alpha value is -3.72. The van der Waals surface area contributed by atoms with Crippen molar-refractivity contribution in [3.8, 4) is 0 Å². The molecule has 0 bridgehead atoms. The molecular formula is C24H19F3N4O2. The number of nitrogens with two attached hydrogens (primary N) is 1. The van der Waals surface area contributed by atoms with Gasteiger partial charge in [0.25, 0.3) is 5.91 Å². The van der Waals surface area contributed by atoms with Gasteiger partial charge >= 0.3 is 6.18 Å². The summed E-state index contributed by atoms with van der Waals surface area (Å²) >= 11 is 0. The number of pyridine rings is 2. The number of benzene rings is 2. The van der Waals surface area contributed by atoms with E-state index in [-0.39, 0.29) is 19.1 Å². The van der Waals surface area contributed by atoms with Crippen molar-refractivity contribution in [3.63, 3.8) is 0 Å². The Morgan fingerprint density at radius 3 is 2.73 bits per heavy atom. The van der Waals surface area contributed by atoms with Crippen LogP contribution in [0.3, 0.4) is 0 Å². The molecule has 0 spiro atoms. The van der Waals surface area contributed by atoms with Gasteiger partial charge in [-0.25, -0.2) is 4.98 Å². The van der Waals surface area contributed by atoms with Gasteiger partial charge in [-0.15, -0.1) is 0 Å². The van der Waals surface area contributed by atoms with Crippen LogP contribution in [0.4, 0.5) is 19.0 Å². The van der Waals surface area contributed by atoms with Crippen molar-refractivity contribution in [1.29, 1.82) is 0 Å². The van der Waals surface area contributed by atoms with E-state index in [9.17, 15) is 18.0 Å². The molecule has 1 amide bonds. The molecule has 0 aliphatic carbocycles. The van der Waals surface area contributed by atoms with Gasteiger partial charge < -0.3 is 15.4 Å². The third kappa shape index (κ3) is 3.64. The lowest BCUT2D eigenvalue weighted by Crippen LogP contribution is -2.36. The van der Waals surface area contributed by atoms with Crippen molar-refractivity contribution < 1.29 is 22.7 Å². The van der Waals surface area contributed by atoms with Crippen LogP contribution in [0.1, 0.15) is 33.1 Å². The Kier molecular flexibility index (Phi) is 4.93. The molecule has 1 unspecified atom stereocenters. The number of rotatable bonds is 2. The number of fused-ring (bicyclic) bond motifs is 4. The molecule has 0 radical (unpaired) electrons. The number of halogens is 3. The molecule has 33 heavy (non-hydrogen) atoms. The Morgan fingerprint density at radius 2 is 1.94 bits per heavy atom. The van der Waals surface area contributed by atoms with E-state index in [4.69, 9.17) is 10.5 Å². The van der Waals surface area contributed by atoms with Crippen LogP contribution in [0.25, 0.3) is 21.7 Å². The molecule has 2 aromatic heterocycles. The SMILES string of the molecule is CN(C(=O)c1ccc2nc(N)c3ccncc3c2c1)C1COCc2cc(C(F)(F)F)ccc21. The quantitative estimate of drug-likeness (QED) is 0.445. The lowest BCUT2D eigenvalue weighted by Gasteiger charge is -2.33. The molecule has 1 aliphatic heterocycles. The third-order valence-corrected chi connectivity index (χ3v) is 6.02. The van der Waals surface area contributed by atoms with E-state index in [1.165, 1.54) is 11.0 Å². The van der Waals surface area contributed by atoms with E-state index in [2.05, 4.69) is 9.97 Å². The maximum atomic E-state index is 13.4. The van der Waals surface area contributed by atoms with Gasteiger partial charge in [-0.2, -0.15) is 13.2 Å². The molecule has 5 rings (SSSR count). The van der Waals surface area contributed by atoms with Crippen molar-refractivity contribution in [2.45, 2.75) is 18.8 Å². The lowest BCUT2D eigenvalue weighted by molar-refractivity contribution is -0.137. The van der Waals surface area contributed by atoms with Gasteiger partial charge in [-0.05, 0) is 47.5 Å². The van der Waals surface area contributed by atoms with E-state index < -0.39 is 17.8 Å². The Balaban J connectivity index is 1.52. The highest BCUT2D eigenvalue weighted by atomic mass is 19.4. The smallest absolute Gasteiger partial charge is 0.383 e. The van der Waals surface area contributed by atoms with Crippen LogP contribution < -0.4 is 5.73 Å². The van der Waals surface area contributed by atoms with Gasteiger partial charge in [0.2, 0.25) is 0 Å². The minimum atomic E-state index is -4.44. The number of ether oxygens (including phenoxy) is 1. The van der Waals surface area contributed by atoms with E-state index >= 15 is 0 Å². The van der Waals surface area contributed by atoms with Crippen molar-refractivity contribution in [2.75, 3.05) is 19.4 Å². The Bertz CT molecular complexity index is 1400. The number of alkyl halides is 3. The molecule has 2 aromatic carbocycles. The standard InChI is InChI=1S/C24H19F3N4O2/c1-31(21-12-33-11-14-8-15(24(25,26)27)3-4-16(14)21)23(32)13-2-5-20-18(9-13)19-10-29-7-6-17(19)22(28)30-20/h2-10,21H,11-12H2,1H3,(H2,28,30). The molecule has 0 saturated carbocycles. The monoisotopic (exact) mass is 452 g/mol. The average Bonchev–Trinajstić information content (AvgIpc) is 2.82. The average molecular weight is 452 g/mol. The molecule has 168 valence electrons. The van der Waals surface area contributed by atoms with Crippen LogP contribution >= 0.6 is 0 Å². The Morgan fingerprint density at radius 1 is 1.12 bits per heavy atom. The number of aromatic nitrogens is 2. The number of nitrogen functional groups attached to an aromatic ring is 1. The highest BCUT2D eigenvalue weighted by Gasteiger charge is 2.34. The largest absolute Gasteiger partial charge is 0.416 e. The number of likely N-dealkylation sites (N-methyl/N-ethyl adjacent to an activating group) is 1. The summed E-state index contributed by atoms with van der Waals surface area (Å²) in [5.74, 6) is 0.0948. The fraction of sp³-hybridized carbons (Fsp3) is 0.208. The minimum Gasteiger partial charge on any atom is -0.383 e. The van der Waals surface area contributed by atoms with Gasteiger partial charge in [0.15, 0.2) is 0 Å². The van der Waals surface area contributed by atoms with Crippen molar-refractivity contribution in [2.24, 2.45) is 0 Å². The topological polar surface area (TPSA) is 81.3 Å². The second kappa shape index (κ2) is 7.70. The molecule has 9 heteroatoms. The highest BCUT2D eigenvalue weighted by molar-refractivity contribution is 6.11. The van der Waals surface area contributed by atoms with Gasteiger partial charge in [0, 0.05) is 41.2 Å². The zero-order chi connectivity index (χ0) is 23.3. The van der Waals surface area contributed by atoms with Crippen LogP contribution in [0.5, 0.6) is 0 Å². The van der Waals surface area contributed by atoms with Crippen LogP contribution in [0.2, 0.25) is 0 Å². The van der Waals surface area contributed by atoms with Crippen LogP contribution in [0, 0.1) is 0 Å². The highest BCUT2D eigenvalue weighted by Crippen LogP contribution is 2.36. The number of amides is 1. The zero-order valence-corrected chi connectivity index (χ0v) is 17.6. The lowest BCUT2D eigenvalue weighted by atomic mass is 9.95. The number of nitrogens with zero attached hydrogens (tertiary/aromatic N) is 3. The first kappa shape index (κ1) is 21.1. The molecule has 1 aliphatic rings. The number of hydrogen-bond acceptors (Lipinski definition) is 5. The number of carbonyl (C=O) groups is 1. The molecule has 1 atom stereocenters. The van der Waals surface area contributed by atoms with Crippen LogP contribution in [-0.4, -0.2) is 34.4 Å². The fourth-order valence-electron chi connectivity index (χ4n) is 4.27. The zero-order valence-electron chi connectivity index (χ0n) is 17.6. The molecule has 2 N–H and O–H groups in total. The molecule has 0 fully saturated rings. The second-order valence-corrected chi connectivity index (χ2v) is 8.01. The molecular weight excluding hydrogens is 433 g/mol. The first-order valence-corrected chi connectivity index (χ1v) is 10.2. The molecule has 4 aromatic rings. The van der Waals surface area contributed by atoms with Crippen LogP contribution in [-0.2, 0) is 17.5 Å². The van der Waals surface area contributed by atoms with Crippen molar-refractivity contribution in [3.05, 3.63) is 77.1 Å².